The first-order valence-corrected chi connectivity index (χ1v) is 8.22. The molecular formula is C18H14N6O3. The maximum absolute atomic E-state index is 12.4. The Morgan fingerprint density at radius 3 is 2.81 bits per heavy atom. The van der Waals surface area contributed by atoms with Gasteiger partial charge in [0, 0.05) is 12.1 Å². The normalized spacial score (nSPS) is 11.0. The van der Waals surface area contributed by atoms with Crippen molar-refractivity contribution in [2.45, 2.75) is 13.0 Å². The van der Waals surface area contributed by atoms with Crippen LogP contribution < -0.4 is 16.4 Å². The van der Waals surface area contributed by atoms with E-state index < -0.39 is 0 Å². The van der Waals surface area contributed by atoms with Gasteiger partial charge in [-0.3, -0.25) is 14.4 Å². The number of aryl methyl sites for hydroxylation is 1. The topological polar surface area (TPSA) is 123 Å². The summed E-state index contributed by atoms with van der Waals surface area (Å²) in [4.78, 5) is 42.9. The number of H-pyrrole nitrogens is 1. The number of fused-ring (bicyclic) bond motifs is 2. The van der Waals surface area contributed by atoms with Crippen LogP contribution in [0.25, 0.3) is 21.8 Å². The van der Waals surface area contributed by atoms with Crippen LogP contribution in [0.1, 0.15) is 6.42 Å². The van der Waals surface area contributed by atoms with Crippen LogP contribution in [0.2, 0.25) is 0 Å². The van der Waals surface area contributed by atoms with Crippen molar-refractivity contribution in [3.05, 3.63) is 69.5 Å². The zero-order chi connectivity index (χ0) is 18.8. The monoisotopic (exact) mass is 362 g/mol. The average molecular weight is 362 g/mol. The molecule has 1 amide bonds. The van der Waals surface area contributed by atoms with E-state index in [1.807, 2.05) is 0 Å². The summed E-state index contributed by atoms with van der Waals surface area (Å²) in [5.74, 6) is -0.309. The predicted octanol–water partition coefficient (Wildman–Crippen LogP) is 1.06. The molecule has 0 aliphatic heterocycles. The zero-order valence-electron chi connectivity index (χ0n) is 14.0. The molecule has 2 heterocycles. The molecule has 0 fully saturated rings. The Balaban J connectivity index is 1.49. The molecule has 0 spiro atoms. The maximum atomic E-state index is 12.4. The largest absolute Gasteiger partial charge is 0.326 e. The number of nitrogens with one attached hydrogen (secondary N) is 2. The standard InChI is InChI=1S/C18H14N6O3/c25-16(21-11-5-6-14-13(9-11)17(26)20-10-19-14)7-8-24-18(27)12-3-1-2-4-15(12)22-23-24/h1-6,9-10H,7-8H2,(H,21,25)(H,19,20,26). The molecule has 0 radical (unpaired) electrons. The molecule has 4 aromatic rings. The Hall–Kier alpha value is -3.88. The highest BCUT2D eigenvalue weighted by molar-refractivity contribution is 5.93. The van der Waals surface area contributed by atoms with E-state index in [9.17, 15) is 14.4 Å². The van der Waals surface area contributed by atoms with Gasteiger partial charge in [-0.05, 0) is 30.3 Å². The van der Waals surface area contributed by atoms with E-state index in [1.54, 1.807) is 42.5 Å². The third-order valence-corrected chi connectivity index (χ3v) is 4.10. The highest BCUT2D eigenvalue weighted by atomic mass is 16.2. The number of anilines is 1. The number of rotatable bonds is 4. The number of aromatic amines is 1. The lowest BCUT2D eigenvalue weighted by molar-refractivity contribution is -0.116. The molecule has 4 rings (SSSR count). The molecule has 134 valence electrons. The molecule has 0 bridgehead atoms. The van der Waals surface area contributed by atoms with E-state index in [2.05, 4.69) is 25.6 Å². The fraction of sp³-hybridized carbons (Fsp3) is 0.111. The quantitative estimate of drug-likeness (QED) is 0.560. The molecule has 0 saturated carbocycles. The third kappa shape index (κ3) is 3.30. The van der Waals surface area contributed by atoms with E-state index in [1.165, 1.54) is 6.33 Å². The van der Waals surface area contributed by atoms with Crippen molar-refractivity contribution in [2.75, 3.05) is 5.32 Å². The van der Waals surface area contributed by atoms with Crippen LogP contribution >= 0.6 is 0 Å². The van der Waals surface area contributed by atoms with Crippen LogP contribution in [0.3, 0.4) is 0 Å². The zero-order valence-corrected chi connectivity index (χ0v) is 14.0. The molecule has 27 heavy (non-hydrogen) atoms. The first kappa shape index (κ1) is 16.6. The first-order valence-electron chi connectivity index (χ1n) is 8.22. The minimum Gasteiger partial charge on any atom is -0.326 e. The second-order valence-corrected chi connectivity index (χ2v) is 5.90. The van der Waals surface area contributed by atoms with Crippen LogP contribution in [0.5, 0.6) is 0 Å². The number of benzene rings is 2. The van der Waals surface area contributed by atoms with Gasteiger partial charge in [0.25, 0.3) is 11.1 Å². The molecule has 0 saturated heterocycles. The number of nitrogens with zero attached hydrogens (tertiary/aromatic N) is 4. The number of aromatic nitrogens is 5. The van der Waals surface area contributed by atoms with Gasteiger partial charge in [0.15, 0.2) is 0 Å². The summed E-state index contributed by atoms with van der Waals surface area (Å²) in [5.41, 5.74) is 0.946. The molecule has 9 nitrogen and oxygen atoms in total. The van der Waals surface area contributed by atoms with E-state index >= 15 is 0 Å². The number of carbonyl (C=O) groups excluding carboxylic acids is 1. The number of amides is 1. The Bertz CT molecular complexity index is 1280. The van der Waals surface area contributed by atoms with Crippen LogP contribution in [0, 0.1) is 0 Å². The van der Waals surface area contributed by atoms with Crippen molar-refractivity contribution >= 4 is 33.4 Å². The summed E-state index contributed by atoms with van der Waals surface area (Å²) in [5, 5.41) is 11.4. The maximum Gasteiger partial charge on any atom is 0.277 e. The van der Waals surface area contributed by atoms with E-state index in [0.717, 1.165) is 4.68 Å². The Kier molecular flexibility index (Phi) is 4.17. The smallest absolute Gasteiger partial charge is 0.277 e. The average Bonchev–Trinajstić information content (AvgIpc) is 2.68. The molecule has 0 aliphatic carbocycles. The van der Waals surface area contributed by atoms with E-state index in [-0.39, 0.29) is 30.0 Å². The summed E-state index contributed by atoms with van der Waals surface area (Å²) in [7, 11) is 0. The minimum absolute atomic E-state index is 0.0361. The van der Waals surface area contributed by atoms with Crippen molar-refractivity contribution in [1.29, 1.82) is 0 Å². The van der Waals surface area contributed by atoms with Gasteiger partial charge in [0.1, 0.15) is 5.52 Å². The summed E-state index contributed by atoms with van der Waals surface area (Å²) < 4.78 is 1.16. The van der Waals surface area contributed by atoms with Gasteiger partial charge in [-0.1, -0.05) is 17.3 Å². The van der Waals surface area contributed by atoms with Crippen LogP contribution in [0.4, 0.5) is 5.69 Å². The second-order valence-electron chi connectivity index (χ2n) is 5.90. The molecule has 2 N–H and O–H groups in total. The summed E-state index contributed by atoms with van der Waals surface area (Å²) in [6, 6.07) is 11.8. The Morgan fingerprint density at radius 2 is 1.93 bits per heavy atom. The first-order chi connectivity index (χ1) is 13.1. The van der Waals surface area contributed by atoms with Gasteiger partial charge in [-0.15, -0.1) is 5.10 Å². The van der Waals surface area contributed by atoms with E-state index in [4.69, 9.17) is 0 Å². The van der Waals surface area contributed by atoms with Crippen molar-refractivity contribution in [3.8, 4) is 0 Å². The third-order valence-electron chi connectivity index (χ3n) is 4.10. The van der Waals surface area contributed by atoms with Gasteiger partial charge < -0.3 is 10.3 Å². The van der Waals surface area contributed by atoms with Crippen LogP contribution in [-0.4, -0.2) is 30.9 Å². The van der Waals surface area contributed by atoms with Gasteiger partial charge >= 0.3 is 0 Å². The predicted molar refractivity (Wildman–Crippen MR) is 99.4 cm³/mol. The summed E-state index contributed by atoms with van der Waals surface area (Å²) in [6.45, 7) is 0.0955. The van der Waals surface area contributed by atoms with Crippen LogP contribution in [-0.2, 0) is 11.3 Å². The van der Waals surface area contributed by atoms with Crippen molar-refractivity contribution in [3.63, 3.8) is 0 Å². The number of hydrogen-bond acceptors (Lipinski definition) is 6. The van der Waals surface area contributed by atoms with Crippen LogP contribution in [0.15, 0.2) is 58.4 Å². The highest BCUT2D eigenvalue weighted by Crippen LogP contribution is 2.14. The van der Waals surface area contributed by atoms with Crippen molar-refractivity contribution in [1.82, 2.24) is 25.0 Å². The summed E-state index contributed by atoms with van der Waals surface area (Å²) in [6.07, 6.45) is 1.36. The lowest BCUT2D eigenvalue weighted by atomic mass is 10.2. The van der Waals surface area contributed by atoms with Crippen molar-refractivity contribution < 1.29 is 4.79 Å². The van der Waals surface area contributed by atoms with Gasteiger partial charge in [0.05, 0.1) is 29.2 Å². The molecule has 0 atom stereocenters. The molecule has 9 heteroatoms. The van der Waals surface area contributed by atoms with Gasteiger partial charge in [-0.2, -0.15) is 0 Å². The molecular weight excluding hydrogens is 348 g/mol. The van der Waals surface area contributed by atoms with Gasteiger partial charge in [-0.25, -0.2) is 9.67 Å². The number of carbonyl (C=O) groups is 1. The molecule has 0 aliphatic rings. The Labute approximate surface area is 151 Å². The number of hydrogen-bond donors (Lipinski definition) is 2. The highest BCUT2D eigenvalue weighted by Gasteiger charge is 2.09. The second kappa shape index (κ2) is 6.79. The minimum atomic E-state index is -0.309. The molecule has 2 aromatic carbocycles. The SMILES string of the molecule is O=C(CCn1nnc2ccccc2c1=O)Nc1ccc2nc[nH]c(=O)c2c1. The summed E-state index contributed by atoms with van der Waals surface area (Å²) >= 11 is 0. The molecule has 0 unspecified atom stereocenters. The lowest BCUT2D eigenvalue weighted by Gasteiger charge is -2.07. The Morgan fingerprint density at radius 1 is 1.07 bits per heavy atom. The fourth-order valence-corrected chi connectivity index (χ4v) is 2.75. The van der Waals surface area contributed by atoms with E-state index in [0.29, 0.717) is 27.5 Å². The van der Waals surface area contributed by atoms with Gasteiger partial charge in [0.2, 0.25) is 5.91 Å². The lowest BCUT2D eigenvalue weighted by Crippen LogP contribution is -2.26. The fourth-order valence-electron chi connectivity index (χ4n) is 2.75. The van der Waals surface area contributed by atoms with Crippen molar-refractivity contribution in [2.24, 2.45) is 0 Å². The molecule has 2 aromatic heterocycles.